The summed E-state index contributed by atoms with van der Waals surface area (Å²) in [6.45, 7) is 3.65. The number of nitriles is 1. The van der Waals surface area contributed by atoms with Gasteiger partial charge in [0, 0.05) is 0 Å². The number of rotatable bonds is 3. The van der Waals surface area contributed by atoms with Gasteiger partial charge < -0.3 is 9.84 Å². The monoisotopic (exact) mass is 253 g/mol. The molecule has 0 aliphatic heterocycles. The molecule has 3 heteroatoms. The van der Waals surface area contributed by atoms with Crippen LogP contribution < -0.4 is 4.74 Å². The Morgan fingerprint density at radius 1 is 1.16 bits per heavy atom. The van der Waals surface area contributed by atoms with Crippen LogP contribution in [0.2, 0.25) is 0 Å². The SMILES string of the molecule is Cc1ccc(C#N)cc1Oc1ccc(C(C)O)cc1. The summed E-state index contributed by atoms with van der Waals surface area (Å²) < 4.78 is 5.75. The van der Waals surface area contributed by atoms with Crippen molar-refractivity contribution in [3.63, 3.8) is 0 Å². The Kier molecular flexibility index (Phi) is 3.84. The van der Waals surface area contributed by atoms with E-state index in [2.05, 4.69) is 6.07 Å². The first-order valence-corrected chi connectivity index (χ1v) is 6.07. The first-order valence-electron chi connectivity index (χ1n) is 6.07. The van der Waals surface area contributed by atoms with Gasteiger partial charge in [0.1, 0.15) is 11.5 Å². The normalized spacial score (nSPS) is 11.7. The molecule has 0 heterocycles. The Morgan fingerprint density at radius 3 is 2.42 bits per heavy atom. The van der Waals surface area contributed by atoms with Crippen LogP contribution in [0.3, 0.4) is 0 Å². The lowest BCUT2D eigenvalue weighted by atomic mass is 10.1. The second kappa shape index (κ2) is 5.55. The van der Waals surface area contributed by atoms with Crippen molar-refractivity contribution in [2.75, 3.05) is 0 Å². The van der Waals surface area contributed by atoms with Crippen LogP contribution in [0, 0.1) is 18.3 Å². The third-order valence-corrected chi connectivity index (χ3v) is 2.91. The van der Waals surface area contributed by atoms with E-state index >= 15 is 0 Å². The predicted octanol–water partition coefficient (Wildman–Crippen LogP) is 3.71. The number of aliphatic hydroxyl groups excluding tert-OH is 1. The summed E-state index contributed by atoms with van der Waals surface area (Å²) >= 11 is 0. The van der Waals surface area contributed by atoms with Crippen molar-refractivity contribution in [1.82, 2.24) is 0 Å². The van der Waals surface area contributed by atoms with Gasteiger partial charge in [-0.1, -0.05) is 18.2 Å². The summed E-state index contributed by atoms with van der Waals surface area (Å²) in [5.74, 6) is 1.35. The van der Waals surface area contributed by atoms with E-state index in [0.717, 1.165) is 11.1 Å². The number of ether oxygens (including phenoxy) is 1. The molecule has 0 radical (unpaired) electrons. The van der Waals surface area contributed by atoms with Gasteiger partial charge in [-0.05, 0) is 49.2 Å². The van der Waals surface area contributed by atoms with E-state index in [-0.39, 0.29) is 0 Å². The molecule has 1 unspecified atom stereocenters. The maximum Gasteiger partial charge on any atom is 0.131 e. The third kappa shape index (κ3) is 3.12. The first-order chi connectivity index (χ1) is 9.10. The van der Waals surface area contributed by atoms with Gasteiger partial charge in [0.05, 0.1) is 17.7 Å². The largest absolute Gasteiger partial charge is 0.457 e. The van der Waals surface area contributed by atoms with Gasteiger partial charge in [0.2, 0.25) is 0 Å². The number of aliphatic hydroxyl groups is 1. The van der Waals surface area contributed by atoms with Crippen molar-refractivity contribution in [3.8, 4) is 17.6 Å². The van der Waals surface area contributed by atoms with Gasteiger partial charge >= 0.3 is 0 Å². The number of hydrogen-bond donors (Lipinski definition) is 1. The highest BCUT2D eigenvalue weighted by Crippen LogP contribution is 2.27. The van der Waals surface area contributed by atoms with Gasteiger partial charge in [0.25, 0.3) is 0 Å². The molecule has 1 N–H and O–H groups in total. The molecule has 0 amide bonds. The standard InChI is InChI=1S/C16H15NO2/c1-11-3-4-13(10-17)9-16(11)19-15-7-5-14(6-8-15)12(2)18/h3-9,12,18H,1-2H3. The smallest absolute Gasteiger partial charge is 0.131 e. The molecule has 2 aromatic carbocycles. The predicted molar refractivity (Wildman–Crippen MR) is 73.0 cm³/mol. The van der Waals surface area contributed by atoms with Crippen molar-refractivity contribution >= 4 is 0 Å². The van der Waals surface area contributed by atoms with Crippen molar-refractivity contribution < 1.29 is 9.84 Å². The zero-order chi connectivity index (χ0) is 13.8. The molecular formula is C16H15NO2. The van der Waals surface area contributed by atoms with E-state index in [1.807, 2.05) is 25.1 Å². The van der Waals surface area contributed by atoms with Crippen LogP contribution in [0.1, 0.15) is 29.7 Å². The molecule has 0 aliphatic carbocycles. The highest BCUT2D eigenvalue weighted by molar-refractivity contribution is 5.44. The van der Waals surface area contributed by atoms with E-state index in [1.165, 1.54) is 0 Å². The molecule has 2 rings (SSSR count). The summed E-state index contributed by atoms with van der Waals surface area (Å²) in [5.41, 5.74) is 2.38. The van der Waals surface area contributed by atoms with Crippen LogP contribution in [0.4, 0.5) is 0 Å². The van der Waals surface area contributed by atoms with Gasteiger partial charge in [-0.3, -0.25) is 0 Å². The fourth-order valence-electron chi connectivity index (χ4n) is 1.72. The van der Waals surface area contributed by atoms with Gasteiger partial charge in [0.15, 0.2) is 0 Å². The summed E-state index contributed by atoms with van der Waals surface area (Å²) in [5, 5.41) is 18.3. The van der Waals surface area contributed by atoms with E-state index in [0.29, 0.717) is 17.1 Å². The van der Waals surface area contributed by atoms with Crippen LogP contribution in [-0.4, -0.2) is 5.11 Å². The molecule has 0 saturated carbocycles. The quantitative estimate of drug-likeness (QED) is 0.907. The molecule has 0 aliphatic rings. The topological polar surface area (TPSA) is 53.2 Å². The van der Waals surface area contributed by atoms with E-state index in [9.17, 15) is 5.11 Å². The van der Waals surface area contributed by atoms with Crippen LogP contribution in [-0.2, 0) is 0 Å². The van der Waals surface area contributed by atoms with Gasteiger partial charge in [-0.15, -0.1) is 0 Å². The fraction of sp³-hybridized carbons (Fsp3) is 0.188. The van der Waals surface area contributed by atoms with Crippen molar-refractivity contribution in [1.29, 1.82) is 5.26 Å². The third-order valence-electron chi connectivity index (χ3n) is 2.91. The van der Waals surface area contributed by atoms with Crippen molar-refractivity contribution in [2.45, 2.75) is 20.0 Å². The lowest BCUT2D eigenvalue weighted by Crippen LogP contribution is -1.92. The molecule has 0 saturated heterocycles. The average molecular weight is 253 g/mol. The summed E-state index contributed by atoms with van der Waals surface area (Å²) in [6, 6.07) is 14.7. The maximum atomic E-state index is 9.44. The van der Waals surface area contributed by atoms with E-state index < -0.39 is 6.10 Å². The van der Waals surface area contributed by atoms with Crippen LogP contribution in [0.25, 0.3) is 0 Å². The highest BCUT2D eigenvalue weighted by atomic mass is 16.5. The van der Waals surface area contributed by atoms with E-state index in [1.54, 1.807) is 31.2 Å². The minimum Gasteiger partial charge on any atom is -0.457 e. The molecule has 3 nitrogen and oxygen atoms in total. The molecule has 1 atom stereocenters. The fourth-order valence-corrected chi connectivity index (χ4v) is 1.72. The lowest BCUT2D eigenvalue weighted by Gasteiger charge is -2.10. The minimum atomic E-state index is -0.488. The van der Waals surface area contributed by atoms with Crippen LogP contribution in [0.15, 0.2) is 42.5 Å². The average Bonchev–Trinajstić information content (AvgIpc) is 2.42. The van der Waals surface area contributed by atoms with Gasteiger partial charge in [-0.2, -0.15) is 5.26 Å². The Hall–Kier alpha value is -2.31. The Balaban J connectivity index is 2.24. The second-order valence-corrected chi connectivity index (χ2v) is 4.44. The van der Waals surface area contributed by atoms with Gasteiger partial charge in [-0.25, -0.2) is 0 Å². The van der Waals surface area contributed by atoms with Crippen LogP contribution >= 0.6 is 0 Å². The highest BCUT2D eigenvalue weighted by Gasteiger charge is 2.05. The molecule has 96 valence electrons. The first kappa shape index (κ1) is 13.1. The number of hydrogen-bond acceptors (Lipinski definition) is 3. The molecule has 19 heavy (non-hydrogen) atoms. The minimum absolute atomic E-state index is 0.488. The van der Waals surface area contributed by atoms with E-state index in [4.69, 9.17) is 10.00 Å². The molecule has 2 aromatic rings. The second-order valence-electron chi connectivity index (χ2n) is 4.44. The zero-order valence-corrected chi connectivity index (χ0v) is 10.9. The molecule has 0 aromatic heterocycles. The zero-order valence-electron chi connectivity index (χ0n) is 10.9. The summed E-state index contributed by atoms with van der Waals surface area (Å²) in [7, 11) is 0. The Bertz CT molecular complexity index is 610. The van der Waals surface area contributed by atoms with Crippen molar-refractivity contribution in [3.05, 3.63) is 59.2 Å². The maximum absolute atomic E-state index is 9.44. The summed E-state index contributed by atoms with van der Waals surface area (Å²) in [4.78, 5) is 0. The lowest BCUT2D eigenvalue weighted by molar-refractivity contribution is 0.199. The van der Waals surface area contributed by atoms with Crippen LogP contribution in [0.5, 0.6) is 11.5 Å². The number of aryl methyl sites for hydroxylation is 1. The molecular weight excluding hydrogens is 238 g/mol. The number of benzene rings is 2. The Labute approximate surface area is 112 Å². The molecule has 0 fully saturated rings. The molecule has 0 bridgehead atoms. The summed E-state index contributed by atoms with van der Waals surface area (Å²) in [6.07, 6.45) is -0.488. The van der Waals surface area contributed by atoms with Crippen molar-refractivity contribution in [2.24, 2.45) is 0 Å². The number of nitrogens with zero attached hydrogens (tertiary/aromatic N) is 1. The molecule has 0 spiro atoms. The Morgan fingerprint density at radius 2 is 1.84 bits per heavy atom.